The Morgan fingerprint density at radius 2 is 2.22 bits per heavy atom. The number of aromatic nitrogens is 2. The first-order chi connectivity index (χ1) is 8.53. The SMILES string of the molecule is COc1ccc(S(=O)(=O)Nc2cnns2)cc1N. The van der Waals surface area contributed by atoms with Crippen molar-refractivity contribution < 1.29 is 13.2 Å². The minimum atomic E-state index is -3.69. The number of anilines is 2. The third-order valence-corrected chi connectivity index (χ3v) is 4.18. The molecule has 0 saturated carbocycles. The highest BCUT2D eigenvalue weighted by Gasteiger charge is 2.16. The molecular weight excluding hydrogens is 276 g/mol. The van der Waals surface area contributed by atoms with Gasteiger partial charge in [0.15, 0.2) is 0 Å². The van der Waals surface area contributed by atoms with Crippen molar-refractivity contribution in [2.45, 2.75) is 4.90 Å². The zero-order chi connectivity index (χ0) is 13.2. The molecule has 1 heterocycles. The van der Waals surface area contributed by atoms with Crippen LogP contribution in [0.15, 0.2) is 29.3 Å². The number of sulfonamides is 1. The first-order valence-corrected chi connectivity index (χ1v) is 7.02. The molecule has 7 nitrogen and oxygen atoms in total. The summed E-state index contributed by atoms with van der Waals surface area (Å²) in [6.45, 7) is 0. The molecule has 0 bridgehead atoms. The normalized spacial score (nSPS) is 11.2. The highest BCUT2D eigenvalue weighted by atomic mass is 32.2. The van der Waals surface area contributed by atoms with Gasteiger partial charge in [0.2, 0.25) is 0 Å². The molecule has 0 fully saturated rings. The number of methoxy groups -OCH3 is 1. The molecule has 0 aliphatic rings. The van der Waals surface area contributed by atoms with Crippen molar-refractivity contribution in [3.8, 4) is 5.75 Å². The van der Waals surface area contributed by atoms with Crippen molar-refractivity contribution in [3.05, 3.63) is 24.4 Å². The van der Waals surface area contributed by atoms with Crippen LogP contribution in [0.5, 0.6) is 5.75 Å². The topological polar surface area (TPSA) is 107 Å². The average Bonchev–Trinajstić information content (AvgIpc) is 2.81. The van der Waals surface area contributed by atoms with Crippen LogP contribution in [0, 0.1) is 0 Å². The van der Waals surface area contributed by atoms with Crippen molar-refractivity contribution in [1.29, 1.82) is 0 Å². The predicted octanol–water partition coefficient (Wildman–Crippen LogP) is 0.930. The van der Waals surface area contributed by atoms with Gasteiger partial charge in [0.1, 0.15) is 10.8 Å². The van der Waals surface area contributed by atoms with Crippen molar-refractivity contribution in [1.82, 2.24) is 9.59 Å². The second-order valence-corrected chi connectivity index (χ2v) is 5.76. The highest BCUT2D eigenvalue weighted by molar-refractivity contribution is 7.93. The molecule has 96 valence electrons. The van der Waals surface area contributed by atoms with Gasteiger partial charge in [-0.05, 0) is 18.2 Å². The molecule has 2 aromatic rings. The fourth-order valence-corrected chi connectivity index (χ4v) is 3.00. The summed E-state index contributed by atoms with van der Waals surface area (Å²) in [4.78, 5) is 0.0502. The first kappa shape index (κ1) is 12.6. The number of nitrogen functional groups attached to an aromatic ring is 1. The number of hydrogen-bond donors (Lipinski definition) is 2. The van der Waals surface area contributed by atoms with Crippen LogP contribution < -0.4 is 15.2 Å². The lowest BCUT2D eigenvalue weighted by atomic mass is 10.3. The number of ether oxygens (including phenoxy) is 1. The van der Waals surface area contributed by atoms with Crippen LogP contribution in [-0.4, -0.2) is 25.1 Å². The Kier molecular flexibility index (Phi) is 3.34. The van der Waals surface area contributed by atoms with Crippen LogP contribution in [0.2, 0.25) is 0 Å². The number of nitrogens with zero attached hydrogens (tertiary/aromatic N) is 2. The van der Waals surface area contributed by atoms with Gasteiger partial charge in [0, 0.05) is 11.5 Å². The average molecular weight is 286 g/mol. The lowest BCUT2D eigenvalue weighted by molar-refractivity contribution is 0.416. The summed E-state index contributed by atoms with van der Waals surface area (Å²) in [7, 11) is -2.23. The zero-order valence-corrected chi connectivity index (χ0v) is 11.0. The molecule has 1 aromatic heterocycles. The number of nitrogens with two attached hydrogens (primary N) is 1. The fourth-order valence-electron chi connectivity index (χ4n) is 1.28. The van der Waals surface area contributed by atoms with Gasteiger partial charge in [0.25, 0.3) is 10.0 Å². The standard InChI is InChI=1S/C9H10N4O3S2/c1-16-8-3-2-6(4-7(8)10)18(14,15)12-9-5-11-13-17-9/h2-5,12H,10H2,1H3. The minimum Gasteiger partial charge on any atom is -0.495 e. The Balaban J connectivity index is 2.33. The second-order valence-electron chi connectivity index (χ2n) is 3.29. The first-order valence-electron chi connectivity index (χ1n) is 4.76. The van der Waals surface area contributed by atoms with Crippen LogP contribution in [0.25, 0.3) is 0 Å². The maximum atomic E-state index is 12.0. The summed E-state index contributed by atoms with van der Waals surface area (Å²) >= 11 is 0.949. The van der Waals surface area contributed by atoms with Crippen LogP contribution in [-0.2, 0) is 10.0 Å². The van der Waals surface area contributed by atoms with E-state index in [4.69, 9.17) is 10.5 Å². The maximum Gasteiger partial charge on any atom is 0.262 e. The molecule has 18 heavy (non-hydrogen) atoms. The maximum absolute atomic E-state index is 12.0. The Morgan fingerprint density at radius 3 is 2.78 bits per heavy atom. The molecule has 9 heteroatoms. The molecule has 0 aliphatic heterocycles. The Morgan fingerprint density at radius 1 is 1.44 bits per heavy atom. The number of nitrogens with one attached hydrogen (secondary N) is 1. The smallest absolute Gasteiger partial charge is 0.262 e. The summed E-state index contributed by atoms with van der Waals surface area (Å²) in [5.41, 5.74) is 5.92. The van der Waals surface area contributed by atoms with E-state index >= 15 is 0 Å². The monoisotopic (exact) mass is 286 g/mol. The van der Waals surface area contributed by atoms with Gasteiger partial charge in [-0.15, -0.1) is 5.10 Å². The molecule has 0 saturated heterocycles. The molecule has 1 aromatic carbocycles. The quantitative estimate of drug-likeness (QED) is 0.810. The molecule has 0 radical (unpaired) electrons. The van der Waals surface area contributed by atoms with Crippen molar-refractivity contribution >= 4 is 32.2 Å². The van der Waals surface area contributed by atoms with Crippen molar-refractivity contribution in [2.75, 3.05) is 17.6 Å². The Bertz CT molecular complexity index is 640. The number of benzene rings is 1. The van der Waals surface area contributed by atoms with E-state index in [9.17, 15) is 8.42 Å². The van der Waals surface area contributed by atoms with Gasteiger partial charge in [-0.3, -0.25) is 4.72 Å². The van der Waals surface area contributed by atoms with E-state index in [0.717, 1.165) is 11.5 Å². The van der Waals surface area contributed by atoms with E-state index in [1.54, 1.807) is 0 Å². The Labute approximate surface area is 108 Å². The fraction of sp³-hybridized carbons (Fsp3) is 0.111. The van der Waals surface area contributed by atoms with E-state index in [0.29, 0.717) is 10.8 Å². The summed E-state index contributed by atoms with van der Waals surface area (Å²) in [6, 6.07) is 4.23. The Hall–Kier alpha value is -1.87. The van der Waals surface area contributed by atoms with Crippen LogP contribution in [0.3, 0.4) is 0 Å². The summed E-state index contributed by atoms with van der Waals surface area (Å²) in [6.07, 6.45) is 1.33. The van der Waals surface area contributed by atoms with E-state index in [1.165, 1.54) is 31.5 Å². The van der Waals surface area contributed by atoms with Gasteiger partial charge in [-0.1, -0.05) is 4.49 Å². The molecule has 0 spiro atoms. The molecule has 0 amide bonds. The predicted molar refractivity (Wildman–Crippen MR) is 68.1 cm³/mol. The summed E-state index contributed by atoms with van der Waals surface area (Å²) in [5.74, 6) is 0.424. The second kappa shape index (κ2) is 4.78. The largest absolute Gasteiger partial charge is 0.495 e. The number of hydrogen-bond acceptors (Lipinski definition) is 7. The van der Waals surface area contributed by atoms with Gasteiger partial charge >= 0.3 is 0 Å². The molecule has 0 aliphatic carbocycles. The molecule has 0 atom stereocenters. The number of rotatable bonds is 4. The summed E-state index contributed by atoms with van der Waals surface area (Å²) in [5, 5.41) is 3.88. The minimum absolute atomic E-state index is 0.0502. The van der Waals surface area contributed by atoms with E-state index in [1.807, 2.05) is 0 Å². The van der Waals surface area contributed by atoms with E-state index in [-0.39, 0.29) is 10.6 Å². The summed E-state index contributed by atoms with van der Waals surface area (Å²) < 4.78 is 34.9. The van der Waals surface area contributed by atoms with Gasteiger partial charge in [-0.25, -0.2) is 8.42 Å². The molecule has 2 rings (SSSR count). The lowest BCUT2D eigenvalue weighted by Gasteiger charge is -2.08. The lowest BCUT2D eigenvalue weighted by Crippen LogP contribution is -2.12. The van der Waals surface area contributed by atoms with Crippen LogP contribution >= 0.6 is 11.5 Å². The van der Waals surface area contributed by atoms with Gasteiger partial charge in [0.05, 0.1) is 23.9 Å². The zero-order valence-electron chi connectivity index (χ0n) is 9.32. The molecular formula is C9H10N4O3S2. The third-order valence-electron chi connectivity index (χ3n) is 2.11. The van der Waals surface area contributed by atoms with Crippen LogP contribution in [0.1, 0.15) is 0 Å². The van der Waals surface area contributed by atoms with Gasteiger partial charge in [-0.2, -0.15) is 0 Å². The van der Waals surface area contributed by atoms with Crippen molar-refractivity contribution in [3.63, 3.8) is 0 Å². The van der Waals surface area contributed by atoms with Crippen molar-refractivity contribution in [2.24, 2.45) is 0 Å². The highest BCUT2D eigenvalue weighted by Crippen LogP contribution is 2.25. The molecule has 3 N–H and O–H groups in total. The van der Waals surface area contributed by atoms with Crippen LogP contribution in [0.4, 0.5) is 10.7 Å². The van der Waals surface area contributed by atoms with Gasteiger partial charge < -0.3 is 10.5 Å². The molecule has 0 unspecified atom stereocenters. The van der Waals surface area contributed by atoms with E-state index in [2.05, 4.69) is 14.3 Å². The third kappa shape index (κ3) is 2.51. The van der Waals surface area contributed by atoms with E-state index < -0.39 is 10.0 Å².